The van der Waals surface area contributed by atoms with Crippen molar-refractivity contribution in [2.75, 3.05) is 6.54 Å². The predicted octanol–water partition coefficient (Wildman–Crippen LogP) is 3.82. The lowest BCUT2D eigenvalue weighted by atomic mass is 9.93. The minimum atomic E-state index is -0.0915. The van der Waals surface area contributed by atoms with Gasteiger partial charge in [-0.25, -0.2) is 0 Å². The summed E-state index contributed by atoms with van der Waals surface area (Å²) in [6.45, 7) is 2.78. The summed E-state index contributed by atoms with van der Waals surface area (Å²) in [6, 6.07) is 10.4. The van der Waals surface area contributed by atoms with E-state index in [9.17, 15) is 0 Å². The average Bonchev–Trinajstić information content (AvgIpc) is 2.66. The normalized spacial score (nSPS) is 21.2. The first-order chi connectivity index (χ1) is 8.76. The molecule has 1 aromatic rings. The lowest BCUT2D eigenvalue weighted by Gasteiger charge is -2.35. The Bertz CT molecular complexity index is 341. The SMILES string of the molecule is CC(OC1(CN)CCCCCC1)c1ccccc1. The van der Waals surface area contributed by atoms with Gasteiger partial charge in [-0.2, -0.15) is 0 Å². The Kier molecular flexibility index (Phi) is 4.79. The summed E-state index contributed by atoms with van der Waals surface area (Å²) in [5.41, 5.74) is 7.16. The largest absolute Gasteiger partial charge is 0.366 e. The standard InChI is InChI=1S/C16H25NO/c1-14(15-9-5-4-6-10-15)18-16(13-17)11-7-2-3-8-12-16/h4-6,9-10,14H,2-3,7-8,11-13,17H2,1H3. The fraction of sp³-hybridized carbons (Fsp3) is 0.625. The summed E-state index contributed by atoms with van der Waals surface area (Å²) in [5, 5.41) is 0. The number of nitrogens with two attached hydrogens (primary N) is 1. The van der Waals surface area contributed by atoms with Crippen LogP contribution < -0.4 is 5.73 Å². The summed E-state index contributed by atoms with van der Waals surface area (Å²) < 4.78 is 6.37. The fourth-order valence-electron chi connectivity index (χ4n) is 2.91. The molecule has 1 atom stereocenters. The molecule has 0 amide bonds. The maximum absolute atomic E-state index is 6.37. The third kappa shape index (κ3) is 3.33. The van der Waals surface area contributed by atoms with Crippen LogP contribution in [0.5, 0.6) is 0 Å². The molecule has 0 radical (unpaired) electrons. The van der Waals surface area contributed by atoms with Crippen LogP contribution in [0.2, 0.25) is 0 Å². The zero-order chi connectivity index (χ0) is 12.8. The summed E-state index contributed by atoms with van der Waals surface area (Å²) in [6.07, 6.45) is 7.50. The van der Waals surface area contributed by atoms with E-state index >= 15 is 0 Å². The molecule has 0 heterocycles. The summed E-state index contributed by atoms with van der Waals surface area (Å²) in [7, 11) is 0. The monoisotopic (exact) mass is 247 g/mol. The van der Waals surface area contributed by atoms with Gasteiger partial charge in [-0.1, -0.05) is 56.0 Å². The van der Waals surface area contributed by atoms with E-state index in [2.05, 4.69) is 31.2 Å². The zero-order valence-corrected chi connectivity index (χ0v) is 11.4. The first-order valence-corrected chi connectivity index (χ1v) is 7.19. The quantitative estimate of drug-likeness (QED) is 0.821. The Morgan fingerprint density at radius 3 is 2.28 bits per heavy atom. The highest BCUT2D eigenvalue weighted by molar-refractivity contribution is 5.17. The van der Waals surface area contributed by atoms with Gasteiger partial charge in [0, 0.05) is 6.54 Å². The molecule has 0 aromatic heterocycles. The summed E-state index contributed by atoms with van der Waals surface area (Å²) >= 11 is 0. The molecule has 1 saturated carbocycles. The average molecular weight is 247 g/mol. The molecule has 2 nitrogen and oxygen atoms in total. The molecule has 18 heavy (non-hydrogen) atoms. The Balaban J connectivity index is 2.05. The maximum Gasteiger partial charge on any atom is 0.0812 e. The summed E-state index contributed by atoms with van der Waals surface area (Å²) in [4.78, 5) is 0. The first kappa shape index (κ1) is 13.6. The fourth-order valence-corrected chi connectivity index (χ4v) is 2.91. The molecule has 0 bridgehead atoms. The number of rotatable bonds is 4. The Morgan fingerprint density at radius 1 is 1.11 bits per heavy atom. The number of hydrogen-bond acceptors (Lipinski definition) is 2. The van der Waals surface area contributed by atoms with Crippen LogP contribution in [0.25, 0.3) is 0 Å². The van der Waals surface area contributed by atoms with E-state index in [4.69, 9.17) is 10.5 Å². The van der Waals surface area contributed by atoms with E-state index in [1.807, 2.05) is 6.07 Å². The molecular formula is C16H25NO. The molecule has 0 aliphatic heterocycles. The Hall–Kier alpha value is -0.860. The van der Waals surface area contributed by atoms with Crippen LogP contribution in [-0.4, -0.2) is 12.1 Å². The van der Waals surface area contributed by atoms with E-state index in [0.29, 0.717) is 6.54 Å². The van der Waals surface area contributed by atoms with Gasteiger partial charge < -0.3 is 10.5 Å². The van der Waals surface area contributed by atoms with Crippen molar-refractivity contribution >= 4 is 0 Å². The predicted molar refractivity (Wildman–Crippen MR) is 75.4 cm³/mol. The highest BCUT2D eigenvalue weighted by Gasteiger charge is 2.32. The van der Waals surface area contributed by atoms with E-state index < -0.39 is 0 Å². The van der Waals surface area contributed by atoms with Crippen LogP contribution >= 0.6 is 0 Å². The third-order valence-electron chi connectivity index (χ3n) is 4.08. The molecule has 0 saturated heterocycles. The summed E-state index contributed by atoms with van der Waals surface area (Å²) in [5.74, 6) is 0. The molecule has 1 aromatic carbocycles. The van der Waals surface area contributed by atoms with Gasteiger partial charge in [-0.3, -0.25) is 0 Å². The van der Waals surface area contributed by atoms with Gasteiger partial charge in [-0.15, -0.1) is 0 Å². The second-order valence-electron chi connectivity index (χ2n) is 5.47. The second-order valence-corrected chi connectivity index (χ2v) is 5.47. The molecule has 2 heteroatoms. The molecule has 1 unspecified atom stereocenters. The molecule has 2 N–H and O–H groups in total. The lowest BCUT2D eigenvalue weighted by molar-refractivity contribution is -0.0920. The van der Waals surface area contributed by atoms with E-state index in [1.54, 1.807) is 0 Å². The van der Waals surface area contributed by atoms with E-state index in [-0.39, 0.29) is 11.7 Å². The third-order valence-corrected chi connectivity index (χ3v) is 4.08. The van der Waals surface area contributed by atoms with Crippen molar-refractivity contribution in [1.82, 2.24) is 0 Å². The highest BCUT2D eigenvalue weighted by atomic mass is 16.5. The minimum absolute atomic E-state index is 0.0915. The van der Waals surface area contributed by atoms with Crippen molar-refractivity contribution in [1.29, 1.82) is 0 Å². The van der Waals surface area contributed by atoms with Crippen LogP contribution in [0.3, 0.4) is 0 Å². The van der Waals surface area contributed by atoms with Crippen LogP contribution in [-0.2, 0) is 4.74 Å². The van der Waals surface area contributed by atoms with Gasteiger partial charge >= 0.3 is 0 Å². The van der Waals surface area contributed by atoms with Crippen molar-refractivity contribution in [2.45, 2.75) is 57.2 Å². The molecule has 1 aliphatic carbocycles. The molecule has 1 aliphatic rings. The molecule has 1 fully saturated rings. The minimum Gasteiger partial charge on any atom is -0.366 e. The van der Waals surface area contributed by atoms with Crippen LogP contribution in [0.4, 0.5) is 0 Å². The van der Waals surface area contributed by atoms with Gasteiger partial charge in [0.05, 0.1) is 11.7 Å². The van der Waals surface area contributed by atoms with Crippen molar-refractivity contribution in [2.24, 2.45) is 5.73 Å². The molecule has 100 valence electrons. The highest BCUT2D eigenvalue weighted by Crippen LogP contribution is 2.34. The van der Waals surface area contributed by atoms with Gasteiger partial charge in [0.2, 0.25) is 0 Å². The topological polar surface area (TPSA) is 35.2 Å². The van der Waals surface area contributed by atoms with Crippen LogP contribution in [0.1, 0.15) is 57.1 Å². The van der Waals surface area contributed by atoms with Gasteiger partial charge in [0.15, 0.2) is 0 Å². The maximum atomic E-state index is 6.37. The van der Waals surface area contributed by atoms with E-state index in [0.717, 1.165) is 12.8 Å². The van der Waals surface area contributed by atoms with Gasteiger partial charge in [0.25, 0.3) is 0 Å². The van der Waals surface area contributed by atoms with E-state index in [1.165, 1.54) is 31.2 Å². The molecule has 0 spiro atoms. The van der Waals surface area contributed by atoms with Crippen molar-refractivity contribution in [3.05, 3.63) is 35.9 Å². The first-order valence-electron chi connectivity index (χ1n) is 7.19. The number of benzene rings is 1. The van der Waals surface area contributed by atoms with Crippen LogP contribution in [0, 0.1) is 0 Å². The smallest absolute Gasteiger partial charge is 0.0812 e. The molecule has 2 rings (SSSR count). The van der Waals surface area contributed by atoms with Crippen molar-refractivity contribution in [3.8, 4) is 0 Å². The van der Waals surface area contributed by atoms with Crippen molar-refractivity contribution in [3.63, 3.8) is 0 Å². The lowest BCUT2D eigenvalue weighted by Crippen LogP contribution is -2.41. The van der Waals surface area contributed by atoms with Crippen molar-refractivity contribution < 1.29 is 4.74 Å². The number of hydrogen-bond donors (Lipinski definition) is 1. The Labute approximate surface area is 111 Å². The van der Waals surface area contributed by atoms with Gasteiger partial charge in [0.1, 0.15) is 0 Å². The van der Waals surface area contributed by atoms with Crippen LogP contribution in [0.15, 0.2) is 30.3 Å². The Morgan fingerprint density at radius 2 is 1.72 bits per heavy atom. The second kappa shape index (κ2) is 6.35. The number of ether oxygens (including phenoxy) is 1. The molecular weight excluding hydrogens is 222 g/mol. The zero-order valence-electron chi connectivity index (χ0n) is 11.4. The van der Waals surface area contributed by atoms with Gasteiger partial charge in [-0.05, 0) is 25.3 Å².